The van der Waals surface area contributed by atoms with Crippen LogP contribution in [0, 0.1) is 6.92 Å². The topological polar surface area (TPSA) is 105 Å². The molecule has 0 saturated heterocycles. The summed E-state index contributed by atoms with van der Waals surface area (Å²) in [6.45, 7) is 2.16. The lowest BCUT2D eigenvalue weighted by molar-refractivity contribution is 0.0694. The number of carboxylic acids is 1. The molecular formula is C21H20N2O4. The molecule has 3 aromatic rings. The number of aryl methyl sites for hydroxylation is 1. The van der Waals surface area contributed by atoms with E-state index in [0.29, 0.717) is 5.56 Å². The summed E-state index contributed by atoms with van der Waals surface area (Å²) in [6, 6.07) is 8.61. The van der Waals surface area contributed by atoms with Gasteiger partial charge in [0.15, 0.2) is 0 Å². The molecule has 0 atom stereocenters. The molecule has 1 aliphatic carbocycles. The maximum absolute atomic E-state index is 12.6. The van der Waals surface area contributed by atoms with Gasteiger partial charge in [-0.1, -0.05) is 6.07 Å². The summed E-state index contributed by atoms with van der Waals surface area (Å²) in [6.07, 6.45) is 3.62. The monoisotopic (exact) mass is 364 g/mol. The molecule has 0 bridgehead atoms. The molecule has 0 unspecified atom stereocenters. The van der Waals surface area contributed by atoms with Gasteiger partial charge in [0.05, 0.1) is 5.52 Å². The summed E-state index contributed by atoms with van der Waals surface area (Å²) >= 11 is 0. The largest absolute Gasteiger partial charge is 0.508 e. The van der Waals surface area contributed by atoms with E-state index in [0.717, 1.165) is 40.6 Å². The van der Waals surface area contributed by atoms with Gasteiger partial charge in [0.1, 0.15) is 11.3 Å². The molecule has 1 aliphatic rings. The number of phenols is 1. The van der Waals surface area contributed by atoms with Crippen LogP contribution in [0.3, 0.4) is 0 Å². The molecule has 0 radical (unpaired) electrons. The van der Waals surface area contributed by atoms with E-state index in [9.17, 15) is 19.8 Å². The number of carbonyl (C=O) groups is 1. The lowest BCUT2D eigenvalue weighted by Gasteiger charge is -2.16. The van der Waals surface area contributed by atoms with Crippen LogP contribution in [0.4, 0.5) is 0 Å². The van der Waals surface area contributed by atoms with Crippen LogP contribution in [0.25, 0.3) is 16.6 Å². The molecule has 0 aliphatic heterocycles. The van der Waals surface area contributed by atoms with Crippen molar-refractivity contribution < 1.29 is 15.0 Å². The Labute approximate surface area is 155 Å². The number of aromatic nitrogens is 1. The molecular weight excluding hydrogens is 344 g/mol. The van der Waals surface area contributed by atoms with Crippen LogP contribution in [0.5, 0.6) is 5.75 Å². The number of pyridine rings is 2. The zero-order valence-corrected chi connectivity index (χ0v) is 14.9. The van der Waals surface area contributed by atoms with Gasteiger partial charge in [-0.3, -0.25) is 9.20 Å². The second kappa shape index (κ2) is 6.25. The zero-order chi connectivity index (χ0) is 19.3. The van der Waals surface area contributed by atoms with Crippen LogP contribution in [-0.2, 0) is 6.54 Å². The van der Waals surface area contributed by atoms with Crippen LogP contribution in [0.15, 0.2) is 41.3 Å². The minimum atomic E-state index is -1.20. The highest BCUT2D eigenvalue weighted by molar-refractivity contribution is 5.89. The molecule has 0 amide bonds. The first kappa shape index (κ1) is 17.3. The number of hydrogen-bond acceptors (Lipinski definition) is 4. The number of nitrogens with two attached hydrogens (primary N) is 1. The van der Waals surface area contributed by atoms with Gasteiger partial charge in [-0.25, -0.2) is 4.79 Å². The van der Waals surface area contributed by atoms with E-state index in [-0.39, 0.29) is 23.8 Å². The molecule has 2 aromatic heterocycles. The number of nitrogens with zero attached hydrogens (tertiary/aromatic N) is 1. The number of fused-ring (bicyclic) bond motifs is 1. The van der Waals surface area contributed by atoms with Crippen molar-refractivity contribution in [2.24, 2.45) is 5.73 Å². The Morgan fingerprint density at radius 3 is 2.63 bits per heavy atom. The van der Waals surface area contributed by atoms with Crippen molar-refractivity contribution in [2.45, 2.75) is 32.2 Å². The number of hydrogen-bond donors (Lipinski definition) is 3. The van der Waals surface area contributed by atoms with Crippen molar-refractivity contribution in [3.05, 3.63) is 69.1 Å². The molecule has 2 heterocycles. The third kappa shape index (κ3) is 2.78. The fourth-order valence-corrected chi connectivity index (χ4v) is 3.69. The maximum atomic E-state index is 12.6. The van der Waals surface area contributed by atoms with Crippen molar-refractivity contribution in [3.63, 3.8) is 0 Å². The average molecular weight is 364 g/mol. The second-order valence-corrected chi connectivity index (χ2v) is 7.02. The fraction of sp³-hybridized carbons (Fsp3) is 0.238. The Kier molecular flexibility index (Phi) is 4.00. The van der Waals surface area contributed by atoms with E-state index in [2.05, 4.69) is 0 Å². The quantitative estimate of drug-likeness (QED) is 0.660. The molecule has 4 N–H and O–H groups in total. The maximum Gasteiger partial charge on any atom is 0.341 e. The van der Waals surface area contributed by atoms with E-state index in [4.69, 9.17) is 5.73 Å². The molecule has 1 fully saturated rings. The first-order valence-corrected chi connectivity index (χ1v) is 8.87. The van der Waals surface area contributed by atoms with Crippen molar-refractivity contribution in [3.8, 4) is 16.9 Å². The fourth-order valence-electron chi connectivity index (χ4n) is 3.69. The van der Waals surface area contributed by atoms with Gasteiger partial charge in [0.25, 0.3) is 5.56 Å². The smallest absolute Gasteiger partial charge is 0.341 e. The Morgan fingerprint density at radius 1 is 1.26 bits per heavy atom. The molecule has 0 spiro atoms. The van der Waals surface area contributed by atoms with Crippen molar-refractivity contribution in [1.82, 2.24) is 4.40 Å². The summed E-state index contributed by atoms with van der Waals surface area (Å²) in [7, 11) is 0. The lowest BCUT2D eigenvalue weighted by atomic mass is 9.95. The lowest BCUT2D eigenvalue weighted by Crippen LogP contribution is -2.23. The molecule has 138 valence electrons. The van der Waals surface area contributed by atoms with Gasteiger partial charge in [-0.2, -0.15) is 0 Å². The van der Waals surface area contributed by atoms with E-state index in [1.54, 1.807) is 18.3 Å². The van der Waals surface area contributed by atoms with E-state index in [1.165, 1.54) is 10.5 Å². The normalized spacial score (nSPS) is 13.9. The summed E-state index contributed by atoms with van der Waals surface area (Å²) in [5.74, 6) is -0.767. The summed E-state index contributed by atoms with van der Waals surface area (Å²) in [4.78, 5) is 24.1. The van der Waals surface area contributed by atoms with Gasteiger partial charge >= 0.3 is 5.97 Å². The number of aromatic hydroxyl groups is 1. The van der Waals surface area contributed by atoms with Gasteiger partial charge in [0.2, 0.25) is 0 Å². The first-order chi connectivity index (χ1) is 12.9. The number of benzene rings is 1. The van der Waals surface area contributed by atoms with E-state index < -0.39 is 11.5 Å². The molecule has 6 heteroatoms. The van der Waals surface area contributed by atoms with Gasteiger partial charge in [0, 0.05) is 18.3 Å². The minimum absolute atomic E-state index is 0.153. The third-order valence-corrected chi connectivity index (χ3v) is 5.27. The van der Waals surface area contributed by atoms with Crippen molar-refractivity contribution in [2.75, 3.05) is 0 Å². The molecule has 1 aromatic carbocycles. The molecule has 4 rings (SSSR count). The highest BCUT2D eigenvalue weighted by Crippen LogP contribution is 2.43. The van der Waals surface area contributed by atoms with Crippen LogP contribution >= 0.6 is 0 Å². The van der Waals surface area contributed by atoms with Gasteiger partial charge in [-0.15, -0.1) is 0 Å². The summed E-state index contributed by atoms with van der Waals surface area (Å²) in [5.41, 5.74) is 10.0. The highest BCUT2D eigenvalue weighted by atomic mass is 16.4. The number of phenolic OH excluding ortho intramolecular Hbond substituents is 1. The molecule has 6 nitrogen and oxygen atoms in total. The number of aromatic carboxylic acids is 1. The van der Waals surface area contributed by atoms with E-state index >= 15 is 0 Å². The Balaban J connectivity index is 2.02. The summed E-state index contributed by atoms with van der Waals surface area (Å²) in [5, 5.41) is 19.3. The number of rotatable bonds is 4. The predicted molar refractivity (Wildman–Crippen MR) is 102 cm³/mol. The van der Waals surface area contributed by atoms with E-state index in [1.807, 2.05) is 19.1 Å². The van der Waals surface area contributed by atoms with Gasteiger partial charge < -0.3 is 15.9 Å². The van der Waals surface area contributed by atoms with Crippen LogP contribution in [0.2, 0.25) is 0 Å². The first-order valence-electron chi connectivity index (χ1n) is 8.87. The zero-order valence-electron chi connectivity index (χ0n) is 14.9. The summed E-state index contributed by atoms with van der Waals surface area (Å²) < 4.78 is 1.44. The average Bonchev–Trinajstić information content (AvgIpc) is 3.48. The highest BCUT2D eigenvalue weighted by Gasteiger charge is 2.29. The van der Waals surface area contributed by atoms with Crippen molar-refractivity contribution >= 4 is 11.5 Å². The number of carboxylic acid groups (broad SMARTS) is 1. The predicted octanol–water partition coefficient (Wildman–Crippen LogP) is 3.01. The second-order valence-electron chi connectivity index (χ2n) is 7.02. The minimum Gasteiger partial charge on any atom is -0.508 e. The van der Waals surface area contributed by atoms with Crippen LogP contribution in [-0.4, -0.2) is 20.6 Å². The van der Waals surface area contributed by atoms with Crippen LogP contribution < -0.4 is 11.3 Å². The Morgan fingerprint density at radius 2 is 2.00 bits per heavy atom. The molecule has 27 heavy (non-hydrogen) atoms. The molecule has 1 saturated carbocycles. The standard InChI is InChI=1S/C21H20N2O4/c1-11-15(13-4-5-18(24)14(8-13)10-22)6-7-23-19(11)16(12-2-3-12)9-17(20(23)25)21(26)27/h4-9,12,24H,2-3,10,22H2,1H3,(H,26,27). The van der Waals surface area contributed by atoms with Gasteiger partial charge in [-0.05, 0) is 72.2 Å². The van der Waals surface area contributed by atoms with Crippen molar-refractivity contribution in [1.29, 1.82) is 0 Å². The third-order valence-electron chi connectivity index (χ3n) is 5.27. The SMILES string of the molecule is Cc1c(-c2ccc(O)c(CN)c2)ccn2c(=O)c(C(=O)O)cc(C3CC3)c12. The Bertz CT molecular complexity index is 1140. The van der Waals surface area contributed by atoms with Crippen LogP contribution in [0.1, 0.15) is 45.8 Å². The Hall–Kier alpha value is -3.12.